The van der Waals surface area contributed by atoms with E-state index in [0.717, 1.165) is 43.7 Å². The van der Waals surface area contributed by atoms with Gasteiger partial charge in [0.2, 0.25) is 0 Å². The molecule has 2 N–H and O–H groups in total. The van der Waals surface area contributed by atoms with Gasteiger partial charge in [0, 0.05) is 38.7 Å². The summed E-state index contributed by atoms with van der Waals surface area (Å²) in [5, 5.41) is 0. The van der Waals surface area contributed by atoms with Gasteiger partial charge in [-0.3, -0.25) is 9.78 Å². The average molecular weight is 299 g/mol. The van der Waals surface area contributed by atoms with Crippen LogP contribution in [0.2, 0.25) is 0 Å². The van der Waals surface area contributed by atoms with Gasteiger partial charge in [-0.1, -0.05) is 0 Å². The van der Waals surface area contributed by atoms with Crippen LogP contribution in [0.25, 0.3) is 0 Å². The van der Waals surface area contributed by atoms with Crippen molar-refractivity contribution in [2.45, 2.75) is 19.3 Å². The zero-order valence-corrected chi connectivity index (χ0v) is 12.8. The third kappa shape index (κ3) is 2.95. The Bertz CT molecular complexity index is 666. The van der Waals surface area contributed by atoms with Gasteiger partial charge in [-0.25, -0.2) is 4.98 Å². The fourth-order valence-electron chi connectivity index (χ4n) is 3.07. The van der Waals surface area contributed by atoms with Gasteiger partial charge in [0.1, 0.15) is 11.5 Å². The Morgan fingerprint density at radius 1 is 1.41 bits per heavy atom. The molecule has 0 aliphatic carbocycles. The molecule has 1 aliphatic rings. The minimum atomic E-state index is 0.101. The summed E-state index contributed by atoms with van der Waals surface area (Å²) in [4.78, 5) is 22.9. The van der Waals surface area contributed by atoms with E-state index >= 15 is 0 Å². The highest BCUT2D eigenvalue weighted by atomic mass is 16.2. The predicted octanol–water partition coefficient (Wildman–Crippen LogP) is 1.49. The van der Waals surface area contributed by atoms with Crippen molar-refractivity contribution in [3.05, 3.63) is 42.1 Å². The van der Waals surface area contributed by atoms with Crippen molar-refractivity contribution in [3.8, 4) is 0 Å². The lowest BCUT2D eigenvalue weighted by molar-refractivity contribution is 0.0663. The molecule has 2 aromatic heterocycles. The van der Waals surface area contributed by atoms with Gasteiger partial charge >= 0.3 is 0 Å². The number of hydrogen-bond acceptors (Lipinski definition) is 4. The summed E-state index contributed by atoms with van der Waals surface area (Å²) < 4.78 is 1.87. The van der Waals surface area contributed by atoms with Crippen LogP contribution >= 0.6 is 0 Å². The van der Waals surface area contributed by atoms with E-state index in [2.05, 4.69) is 9.97 Å². The molecule has 0 bridgehead atoms. The maximum atomic E-state index is 12.6. The number of aryl methyl sites for hydroxylation is 1. The van der Waals surface area contributed by atoms with E-state index in [9.17, 15) is 4.79 Å². The Hall–Kier alpha value is -2.37. The number of rotatable bonds is 3. The molecule has 6 nitrogen and oxygen atoms in total. The van der Waals surface area contributed by atoms with Crippen LogP contribution in [0, 0.1) is 5.92 Å². The lowest BCUT2D eigenvalue weighted by Gasteiger charge is -2.32. The minimum Gasteiger partial charge on any atom is -0.382 e. The molecular weight excluding hydrogens is 278 g/mol. The van der Waals surface area contributed by atoms with Gasteiger partial charge in [-0.05, 0) is 37.3 Å². The zero-order valence-electron chi connectivity index (χ0n) is 12.8. The summed E-state index contributed by atoms with van der Waals surface area (Å²) in [6.07, 6.45) is 8.05. The molecule has 1 fully saturated rings. The molecule has 0 aromatic carbocycles. The largest absolute Gasteiger partial charge is 0.382 e. The molecule has 2 aromatic rings. The van der Waals surface area contributed by atoms with Crippen molar-refractivity contribution < 1.29 is 4.79 Å². The summed E-state index contributed by atoms with van der Waals surface area (Å²) in [6, 6.07) is 3.77. The molecule has 3 heterocycles. The van der Waals surface area contributed by atoms with Gasteiger partial charge < -0.3 is 15.2 Å². The molecule has 3 rings (SSSR count). The number of hydrogen-bond donors (Lipinski definition) is 1. The van der Waals surface area contributed by atoms with Crippen molar-refractivity contribution in [2.75, 3.05) is 18.8 Å². The maximum Gasteiger partial charge on any atom is 0.270 e. The van der Waals surface area contributed by atoms with Crippen LogP contribution < -0.4 is 5.73 Å². The van der Waals surface area contributed by atoms with E-state index in [1.807, 2.05) is 34.8 Å². The normalized spacial score (nSPS) is 18.4. The van der Waals surface area contributed by atoms with Crippen LogP contribution in [0.15, 0.2) is 30.7 Å². The van der Waals surface area contributed by atoms with Crippen LogP contribution in [0.5, 0.6) is 0 Å². The van der Waals surface area contributed by atoms with Crippen molar-refractivity contribution in [1.82, 2.24) is 19.4 Å². The first-order valence-electron chi connectivity index (χ1n) is 7.61. The summed E-state index contributed by atoms with van der Waals surface area (Å²) in [7, 11) is 1.90. The quantitative estimate of drug-likeness (QED) is 0.931. The standard InChI is InChI=1S/C16H21N5O/c1-20-8-3-5-14(20)16(22)21-9-2-4-12(11-21)10-13-15(17)19-7-6-18-13/h3,5-8,12H,2,4,9-11H2,1H3,(H2,17,19)/t12-/m0/s1. The van der Waals surface area contributed by atoms with E-state index in [1.165, 1.54) is 0 Å². The van der Waals surface area contributed by atoms with Crippen LogP contribution in [0.3, 0.4) is 0 Å². The van der Waals surface area contributed by atoms with Crippen molar-refractivity contribution >= 4 is 11.7 Å². The third-order valence-electron chi connectivity index (χ3n) is 4.26. The average Bonchev–Trinajstić information content (AvgIpc) is 2.95. The predicted molar refractivity (Wildman–Crippen MR) is 84.2 cm³/mol. The second-order valence-corrected chi connectivity index (χ2v) is 5.86. The Kier molecular flexibility index (Phi) is 4.09. The molecule has 0 spiro atoms. The maximum absolute atomic E-state index is 12.6. The van der Waals surface area contributed by atoms with Gasteiger partial charge in [0.15, 0.2) is 0 Å². The van der Waals surface area contributed by atoms with Crippen LogP contribution in [0.4, 0.5) is 5.82 Å². The minimum absolute atomic E-state index is 0.101. The smallest absolute Gasteiger partial charge is 0.270 e. The fourth-order valence-corrected chi connectivity index (χ4v) is 3.07. The Morgan fingerprint density at radius 3 is 2.95 bits per heavy atom. The van der Waals surface area contributed by atoms with Crippen molar-refractivity contribution in [3.63, 3.8) is 0 Å². The lowest BCUT2D eigenvalue weighted by Crippen LogP contribution is -2.41. The first-order valence-corrected chi connectivity index (χ1v) is 7.61. The van der Waals surface area contributed by atoms with Crippen LogP contribution in [-0.2, 0) is 13.5 Å². The number of nitrogens with zero attached hydrogens (tertiary/aromatic N) is 4. The number of nitrogens with two attached hydrogens (primary N) is 1. The second kappa shape index (κ2) is 6.17. The molecule has 0 radical (unpaired) electrons. The first-order chi connectivity index (χ1) is 10.6. The molecule has 1 atom stereocenters. The summed E-state index contributed by atoms with van der Waals surface area (Å²) >= 11 is 0. The van der Waals surface area contributed by atoms with Gasteiger partial charge in [0.05, 0.1) is 5.69 Å². The highest BCUT2D eigenvalue weighted by molar-refractivity contribution is 5.92. The molecule has 6 heteroatoms. The number of likely N-dealkylation sites (tertiary alicyclic amines) is 1. The lowest BCUT2D eigenvalue weighted by atomic mass is 9.93. The monoisotopic (exact) mass is 299 g/mol. The van der Waals surface area contributed by atoms with Gasteiger partial charge in [-0.15, -0.1) is 0 Å². The molecule has 1 saturated heterocycles. The Morgan fingerprint density at radius 2 is 2.23 bits per heavy atom. The fraction of sp³-hybridized carbons (Fsp3) is 0.438. The highest BCUT2D eigenvalue weighted by Crippen LogP contribution is 2.23. The SMILES string of the molecule is Cn1cccc1C(=O)N1CCC[C@@H](Cc2nccnc2N)C1. The van der Waals surface area contributed by atoms with E-state index < -0.39 is 0 Å². The van der Waals surface area contributed by atoms with E-state index in [-0.39, 0.29) is 5.91 Å². The third-order valence-corrected chi connectivity index (χ3v) is 4.26. The molecule has 0 unspecified atom stereocenters. The zero-order chi connectivity index (χ0) is 15.5. The van der Waals surface area contributed by atoms with E-state index in [0.29, 0.717) is 11.7 Å². The Labute approximate surface area is 130 Å². The summed E-state index contributed by atoms with van der Waals surface area (Å²) in [6.45, 7) is 1.57. The molecule has 22 heavy (non-hydrogen) atoms. The number of nitrogen functional groups attached to an aromatic ring is 1. The molecule has 116 valence electrons. The van der Waals surface area contributed by atoms with Crippen molar-refractivity contribution in [1.29, 1.82) is 0 Å². The summed E-state index contributed by atoms with van der Waals surface area (Å²) in [5.41, 5.74) is 7.44. The number of aromatic nitrogens is 3. The molecule has 1 amide bonds. The second-order valence-electron chi connectivity index (χ2n) is 5.86. The molecule has 1 aliphatic heterocycles. The number of piperidine rings is 1. The summed E-state index contributed by atoms with van der Waals surface area (Å²) in [5.74, 6) is 0.981. The number of amides is 1. The van der Waals surface area contributed by atoms with Crippen LogP contribution in [-0.4, -0.2) is 38.4 Å². The van der Waals surface area contributed by atoms with Crippen LogP contribution in [0.1, 0.15) is 29.0 Å². The number of carbonyl (C=O) groups excluding carboxylic acids is 1. The first kappa shape index (κ1) is 14.6. The molecular formula is C16H21N5O. The van der Waals surface area contributed by atoms with Crippen molar-refractivity contribution in [2.24, 2.45) is 13.0 Å². The van der Waals surface area contributed by atoms with E-state index in [4.69, 9.17) is 5.73 Å². The number of anilines is 1. The molecule has 0 saturated carbocycles. The topological polar surface area (TPSA) is 77.0 Å². The number of carbonyl (C=O) groups is 1. The van der Waals surface area contributed by atoms with Gasteiger partial charge in [0.25, 0.3) is 5.91 Å². The van der Waals surface area contributed by atoms with E-state index in [1.54, 1.807) is 12.4 Å². The van der Waals surface area contributed by atoms with Gasteiger partial charge in [-0.2, -0.15) is 0 Å². The highest BCUT2D eigenvalue weighted by Gasteiger charge is 2.26. The Balaban J connectivity index is 1.68.